The molecule has 1 aliphatic heterocycles. The molecular weight excluding hydrogens is 438 g/mol. The third-order valence-corrected chi connectivity index (χ3v) is 6.53. The average molecular weight is 468 g/mol. The van der Waals surface area contributed by atoms with Crippen molar-refractivity contribution in [1.29, 1.82) is 0 Å². The van der Waals surface area contributed by atoms with Crippen molar-refractivity contribution in [2.45, 2.75) is 17.9 Å². The highest BCUT2D eigenvalue weighted by molar-refractivity contribution is 7.90. The number of nitrogens with zero attached hydrogens (tertiary/aromatic N) is 2. The van der Waals surface area contributed by atoms with Crippen LogP contribution in [0.1, 0.15) is 18.5 Å². The summed E-state index contributed by atoms with van der Waals surface area (Å²) >= 11 is 6.29. The molecular formula is C22H30ClN3O4S. The lowest BCUT2D eigenvalue weighted by Gasteiger charge is -2.27. The predicted octanol–water partition coefficient (Wildman–Crippen LogP) is 3.69. The van der Waals surface area contributed by atoms with Crippen molar-refractivity contribution in [3.8, 4) is 11.5 Å². The van der Waals surface area contributed by atoms with Gasteiger partial charge in [0.2, 0.25) is 0 Å². The van der Waals surface area contributed by atoms with Crippen LogP contribution in [0.15, 0.2) is 35.2 Å². The molecule has 0 aliphatic carbocycles. The summed E-state index contributed by atoms with van der Waals surface area (Å²) in [4.78, 5) is 4.45. The average Bonchev–Trinajstić information content (AvgIpc) is 2.70. The molecule has 170 valence electrons. The molecule has 1 N–H and O–H groups in total. The van der Waals surface area contributed by atoms with Crippen molar-refractivity contribution in [3.05, 3.63) is 40.9 Å². The van der Waals surface area contributed by atoms with Crippen molar-refractivity contribution >= 4 is 32.8 Å². The summed E-state index contributed by atoms with van der Waals surface area (Å²) in [5, 5.41) is 3.90. The minimum absolute atomic E-state index is 0.247. The van der Waals surface area contributed by atoms with Gasteiger partial charge in [-0.3, -0.25) is 0 Å². The van der Waals surface area contributed by atoms with E-state index in [0.29, 0.717) is 35.4 Å². The molecule has 0 fully saturated rings. The minimum Gasteiger partial charge on any atom is -0.486 e. The lowest BCUT2D eigenvalue weighted by atomic mass is 10.1. The van der Waals surface area contributed by atoms with E-state index in [1.807, 2.05) is 46.3 Å². The van der Waals surface area contributed by atoms with Crippen LogP contribution >= 0.6 is 11.6 Å². The van der Waals surface area contributed by atoms with Gasteiger partial charge in [-0.05, 0) is 45.3 Å². The molecule has 2 aromatic rings. The lowest BCUT2D eigenvalue weighted by Crippen LogP contribution is -2.28. The number of rotatable bonds is 8. The van der Waals surface area contributed by atoms with Gasteiger partial charge in [0.05, 0.1) is 16.6 Å². The Kier molecular flexibility index (Phi) is 7.24. The molecule has 0 radical (unpaired) electrons. The van der Waals surface area contributed by atoms with Gasteiger partial charge in [-0.25, -0.2) is 8.42 Å². The number of sulfone groups is 1. The minimum atomic E-state index is -3.43. The number of halogens is 1. The van der Waals surface area contributed by atoms with Crippen LogP contribution in [-0.4, -0.2) is 67.0 Å². The zero-order valence-electron chi connectivity index (χ0n) is 18.6. The fourth-order valence-electron chi connectivity index (χ4n) is 3.45. The first-order valence-corrected chi connectivity index (χ1v) is 12.4. The summed E-state index contributed by atoms with van der Waals surface area (Å²) < 4.78 is 36.4. The summed E-state index contributed by atoms with van der Waals surface area (Å²) in [6, 6.07) is 8.64. The van der Waals surface area contributed by atoms with Crippen molar-refractivity contribution in [1.82, 2.24) is 4.90 Å². The van der Waals surface area contributed by atoms with E-state index in [0.717, 1.165) is 24.3 Å². The Hall–Kier alpha value is -2.16. The van der Waals surface area contributed by atoms with Crippen LogP contribution in [0.5, 0.6) is 11.5 Å². The summed E-state index contributed by atoms with van der Waals surface area (Å²) in [6.45, 7) is 4.56. The number of likely N-dealkylation sites (N-methyl/N-ethyl adjacent to an activating group) is 2. The van der Waals surface area contributed by atoms with Crippen LogP contribution in [0.2, 0.25) is 5.02 Å². The molecule has 1 atom stereocenters. The molecule has 9 heteroatoms. The molecule has 0 aromatic heterocycles. The van der Waals surface area contributed by atoms with Gasteiger partial charge in [-0.15, -0.1) is 0 Å². The highest BCUT2D eigenvalue weighted by atomic mass is 35.5. The number of hydrogen-bond acceptors (Lipinski definition) is 7. The maximum absolute atomic E-state index is 12.4. The molecule has 1 heterocycles. The Labute approximate surface area is 189 Å². The van der Waals surface area contributed by atoms with Crippen LogP contribution in [0.3, 0.4) is 0 Å². The molecule has 0 bridgehead atoms. The van der Waals surface area contributed by atoms with Gasteiger partial charge in [0, 0.05) is 48.7 Å². The molecule has 31 heavy (non-hydrogen) atoms. The zero-order chi connectivity index (χ0) is 22.8. The zero-order valence-corrected chi connectivity index (χ0v) is 20.2. The molecule has 0 saturated heterocycles. The van der Waals surface area contributed by atoms with Gasteiger partial charge >= 0.3 is 0 Å². The SMILES string of the molecule is CC(Nc1cc(N(C)CCN(C)C)ccc1S(C)(=O)=O)c1cc(Cl)cc2c1OCCO2. The lowest BCUT2D eigenvalue weighted by molar-refractivity contribution is 0.169. The number of hydrogen-bond donors (Lipinski definition) is 1. The molecule has 1 unspecified atom stereocenters. The van der Waals surface area contributed by atoms with Gasteiger partial charge < -0.3 is 24.6 Å². The Morgan fingerprint density at radius 3 is 2.48 bits per heavy atom. The van der Waals surface area contributed by atoms with Crippen molar-refractivity contribution < 1.29 is 17.9 Å². The predicted molar refractivity (Wildman–Crippen MR) is 126 cm³/mol. The van der Waals surface area contributed by atoms with E-state index in [2.05, 4.69) is 15.1 Å². The number of benzene rings is 2. The first-order chi connectivity index (χ1) is 14.6. The van der Waals surface area contributed by atoms with Crippen LogP contribution in [-0.2, 0) is 9.84 Å². The molecule has 0 spiro atoms. The topological polar surface area (TPSA) is 71.1 Å². The van der Waals surface area contributed by atoms with Crippen LogP contribution < -0.4 is 19.7 Å². The second kappa shape index (κ2) is 9.54. The Bertz CT molecular complexity index is 1040. The van der Waals surface area contributed by atoms with E-state index >= 15 is 0 Å². The number of nitrogens with one attached hydrogen (secondary N) is 1. The summed E-state index contributed by atoms with van der Waals surface area (Å²) in [6.07, 6.45) is 1.21. The second-order valence-electron chi connectivity index (χ2n) is 8.06. The number of fused-ring (bicyclic) bond motifs is 1. The van der Waals surface area contributed by atoms with Crippen LogP contribution in [0.4, 0.5) is 11.4 Å². The maximum atomic E-state index is 12.4. The van der Waals surface area contributed by atoms with Gasteiger partial charge in [0.15, 0.2) is 21.3 Å². The summed E-state index contributed by atoms with van der Waals surface area (Å²) in [5.41, 5.74) is 2.28. The molecule has 0 amide bonds. The largest absolute Gasteiger partial charge is 0.486 e. The third-order valence-electron chi connectivity index (χ3n) is 5.16. The first kappa shape index (κ1) is 23.5. The maximum Gasteiger partial charge on any atom is 0.177 e. The number of anilines is 2. The van der Waals surface area contributed by atoms with E-state index in [1.54, 1.807) is 12.1 Å². The molecule has 2 aromatic carbocycles. The fourth-order valence-corrected chi connectivity index (χ4v) is 4.50. The van der Waals surface area contributed by atoms with Gasteiger partial charge in [-0.1, -0.05) is 11.6 Å². The number of ether oxygens (including phenoxy) is 2. The quantitative estimate of drug-likeness (QED) is 0.634. The monoisotopic (exact) mass is 467 g/mol. The highest BCUT2D eigenvalue weighted by Gasteiger charge is 2.23. The first-order valence-electron chi connectivity index (χ1n) is 10.1. The Balaban J connectivity index is 1.95. The van der Waals surface area contributed by atoms with Crippen LogP contribution in [0, 0.1) is 0 Å². The Morgan fingerprint density at radius 2 is 1.81 bits per heavy atom. The van der Waals surface area contributed by atoms with E-state index in [1.165, 1.54) is 6.26 Å². The smallest absolute Gasteiger partial charge is 0.177 e. The molecule has 0 saturated carbocycles. The van der Waals surface area contributed by atoms with Crippen molar-refractivity contribution in [2.75, 3.05) is 63.9 Å². The summed E-state index contributed by atoms with van der Waals surface area (Å²) in [5.74, 6) is 1.23. The molecule has 1 aliphatic rings. The third kappa shape index (κ3) is 5.75. The van der Waals surface area contributed by atoms with E-state index < -0.39 is 9.84 Å². The summed E-state index contributed by atoms with van der Waals surface area (Å²) in [7, 11) is 2.61. The van der Waals surface area contributed by atoms with Crippen molar-refractivity contribution in [2.24, 2.45) is 0 Å². The standard InChI is InChI=1S/C22H30ClN3O4S/c1-15(18-12-16(23)13-20-22(18)30-11-10-29-20)24-19-14-17(26(4)9-8-25(2)3)6-7-21(19)31(5,27)28/h6-7,12-15,24H,8-11H2,1-5H3. The van der Waals surface area contributed by atoms with E-state index in [9.17, 15) is 8.42 Å². The fraction of sp³-hybridized carbons (Fsp3) is 0.455. The van der Waals surface area contributed by atoms with Crippen molar-refractivity contribution in [3.63, 3.8) is 0 Å². The van der Waals surface area contributed by atoms with Gasteiger partial charge in [0.25, 0.3) is 0 Å². The normalized spacial score (nSPS) is 14.4. The highest BCUT2D eigenvalue weighted by Crippen LogP contribution is 2.41. The van der Waals surface area contributed by atoms with Crippen LogP contribution in [0.25, 0.3) is 0 Å². The molecule has 7 nitrogen and oxygen atoms in total. The van der Waals surface area contributed by atoms with Gasteiger partial charge in [-0.2, -0.15) is 0 Å². The second-order valence-corrected chi connectivity index (χ2v) is 10.5. The van der Waals surface area contributed by atoms with Gasteiger partial charge in [0.1, 0.15) is 13.2 Å². The van der Waals surface area contributed by atoms with E-state index in [4.69, 9.17) is 21.1 Å². The Morgan fingerprint density at radius 1 is 1.10 bits per heavy atom. The van der Waals surface area contributed by atoms with E-state index in [-0.39, 0.29) is 10.9 Å². The molecule has 3 rings (SSSR count).